The van der Waals surface area contributed by atoms with Gasteiger partial charge in [-0.2, -0.15) is 0 Å². The summed E-state index contributed by atoms with van der Waals surface area (Å²) in [6, 6.07) is 14.4. The van der Waals surface area contributed by atoms with E-state index in [0.717, 1.165) is 35.2 Å². The molecule has 0 saturated heterocycles. The van der Waals surface area contributed by atoms with Crippen LogP contribution < -0.4 is 5.32 Å². The van der Waals surface area contributed by atoms with Gasteiger partial charge in [-0.15, -0.1) is 0 Å². The van der Waals surface area contributed by atoms with Gasteiger partial charge in [-0.05, 0) is 41.3 Å². The van der Waals surface area contributed by atoms with Gasteiger partial charge in [0, 0.05) is 48.5 Å². The maximum Gasteiger partial charge on any atom is 0.338 e. The van der Waals surface area contributed by atoms with Crippen molar-refractivity contribution < 1.29 is 15.0 Å². The molecule has 2 aliphatic rings. The minimum absolute atomic E-state index is 0.0406. The molecular formula is C24H24N4O3. The molecule has 0 spiro atoms. The van der Waals surface area contributed by atoms with Gasteiger partial charge in [-0.1, -0.05) is 30.3 Å². The predicted octanol–water partition coefficient (Wildman–Crippen LogP) is 3.00. The van der Waals surface area contributed by atoms with Crippen LogP contribution in [0.15, 0.2) is 59.2 Å². The molecule has 0 fully saturated rings. The van der Waals surface area contributed by atoms with Crippen molar-refractivity contribution in [3.63, 3.8) is 0 Å². The van der Waals surface area contributed by atoms with Crippen molar-refractivity contribution in [1.29, 1.82) is 0 Å². The second-order valence-electron chi connectivity index (χ2n) is 8.20. The Morgan fingerprint density at radius 1 is 1.19 bits per heavy atom. The highest BCUT2D eigenvalue weighted by atomic mass is 16.4. The van der Waals surface area contributed by atoms with Crippen molar-refractivity contribution in [2.75, 3.05) is 6.54 Å². The van der Waals surface area contributed by atoms with Gasteiger partial charge >= 0.3 is 5.97 Å². The highest BCUT2D eigenvalue weighted by molar-refractivity contribution is 6.08. The number of hydrogen-bond acceptors (Lipinski definition) is 5. The second-order valence-corrected chi connectivity index (χ2v) is 8.20. The number of carbonyl (C=O) groups is 1. The summed E-state index contributed by atoms with van der Waals surface area (Å²) in [5, 5.41) is 22.8. The molecule has 0 bridgehead atoms. The van der Waals surface area contributed by atoms with Crippen molar-refractivity contribution in [3.05, 3.63) is 71.1 Å². The molecule has 0 radical (unpaired) electrons. The summed E-state index contributed by atoms with van der Waals surface area (Å²) in [6.07, 6.45) is 3.82. The van der Waals surface area contributed by atoms with Crippen molar-refractivity contribution in [3.8, 4) is 11.1 Å². The topological polar surface area (TPSA) is 101 Å². The van der Waals surface area contributed by atoms with E-state index >= 15 is 0 Å². The first-order valence-corrected chi connectivity index (χ1v) is 10.3. The molecule has 1 aromatic heterocycles. The number of aliphatic imine (C=N–C) groups is 1. The molecule has 0 aliphatic carbocycles. The smallest absolute Gasteiger partial charge is 0.338 e. The number of aliphatic hydroxyl groups is 1. The fraction of sp³-hybridized carbons (Fsp3) is 0.250. The normalized spacial score (nSPS) is 20.9. The third-order valence-electron chi connectivity index (χ3n) is 6.26. The van der Waals surface area contributed by atoms with Gasteiger partial charge in [0.25, 0.3) is 0 Å². The molecule has 3 heterocycles. The van der Waals surface area contributed by atoms with E-state index in [0.29, 0.717) is 6.54 Å². The lowest BCUT2D eigenvalue weighted by molar-refractivity contribution is -0.132. The van der Waals surface area contributed by atoms with Gasteiger partial charge in [0.15, 0.2) is 5.79 Å². The zero-order chi connectivity index (χ0) is 21.6. The van der Waals surface area contributed by atoms with E-state index in [1.807, 2.05) is 31.2 Å². The van der Waals surface area contributed by atoms with Crippen LogP contribution in [0, 0.1) is 0 Å². The molecular weight excluding hydrogens is 392 g/mol. The monoisotopic (exact) mass is 416 g/mol. The van der Waals surface area contributed by atoms with E-state index in [-0.39, 0.29) is 12.2 Å². The first-order valence-electron chi connectivity index (χ1n) is 10.3. The zero-order valence-electron chi connectivity index (χ0n) is 17.2. The number of hydrogen-bond donors (Lipinski definition) is 4. The van der Waals surface area contributed by atoms with E-state index in [1.54, 1.807) is 0 Å². The molecule has 1 unspecified atom stereocenters. The maximum absolute atomic E-state index is 11.2. The fourth-order valence-corrected chi connectivity index (χ4v) is 4.34. The largest absolute Gasteiger partial charge is 0.478 e. The molecule has 7 heteroatoms. The Hall–Kier alpha value is -3.42. The summed E-state index contributed by atoms with van der Waals surface area (Å²) in [5.74, 6) is -1.67. The van der Waals surface area contributed by atoms with Crippen LogP contribution in [-0.4, -0.2) is 44.6 Å². The summed E-state index contributed by atoms with van der Waals surface area (Å²) in [7, 11) is 0. The van der Waals surface area contributed by atoms with Crippen molar-refractivity contribution >= 4 is 23.1 Å². The van der Waals surface area contributed by atoms with E-state index in [4.69, 9.17) is 5.11 Å². The van der Waals surface area contributed by atoms with Crippen LogP contribution >= 0.6 is 0 Å². The summed E-state index contributed by atoms with van der Waals surface area (Å²) in [6.45, 7) is 3.53. The van der Waals surface area contributed by atoms with Gasteiger partial charge in [-0.3, -0.25) is 4.90 Å². The van der Waals surface area contributed by atoms with Gasteiger partial charge in [0.2, 0.25) is 0 Å². The number of H-pyrrole nitrogens is 1. The average molecular weight is 416 g/mol. The highest BCUT2D eigenvalue weighted by Crippen LogP contribution is 2.34. The molecule has 0 amide bonds. The van der Waals surface area contributed by atoms with Gasteiger partial charge in [0.05, 0.1) is 12.2 Å². The van der Waals surface area contributed by atoms with E-state index < -0.39 is 11.8 Å². The van der Waals surface area contributed by atoms with Crippen molar-refractivity contribution in [2.45, 2.75) is 32.3 Å². The number of rotatable bonds is 4. The Labute approximate surface area is 179 Å². The van der Waals surface area contributed by atoms with Gasteiger partial charge in [0.1, 0.15) is 0 Å². The molecule has 31 heavy (non-hydrogen) atoms. The van der Waals surface area contributed by atoms with Gasteiger partial charge < -0.3 is 20.5 Å². The average Bonchev–Trinajstić information content (AvgIpc) is 3.16. The number of aromatic nitrogens is 1. The van der Waals surface area contributed by atoms with Crippen LogP contribution in [-0.2, 0) is 24.4 Å². The molecule has 3 aromatic rings. The zero-order valence-corrected chi connectivity index (χ0v) is 17.2. The first-order chi connectivity index (χ1) is 15.0. The Bertz CT molecular complexity index is 1230. The van der Waals surface area contributed by atoms with Crippen LogP contribution in [0.5, 0.6) is 0 Å². The number of carboxylic acids is 1. The minimum Gasteiger partial charge on any atom is -0.478 e. The van der Waals surface area contributed by atoms with Crippen LogP contribution in [0.2, 0.25) is 0 Å². The van der Waals surface area contributed by atoms with Crippen LogP contribution in [0.3, 0.4) is 0 Å². The lowest BCUT2D eigenvalue weighted by Crippen LogP contribution is -2.56. The van der Waals surface area contributed by atoms with E-state index in [1.165, 1.54) is 29.1 Å². The summed E-state index contributed by atoms with van der Waals surface area (Å²) in [4.78, 5) is 21.5. The summed E-state index contributed by atoms with van der Waals surface area (Å²) in [5.41, 5.74) is 6.89. The minimum atomic E-state index is -0.990. The van der Waals surface area contributed by atoms with Crippen LogP contribution in [0.4, 0.5) is 0 Å². The molecule has 158 valence electrons. The van der Waals surface area contributed by atoms with Gasteiger partial charge in [-0.25, -0.2) is 9.79 Å². The second kappa shape index (κ2) is 7.37. The van der Waals surface area contributed by atoms with Crippen LogP contribution in [0.1, 0.15) is 23.7 Å². The first kappa shape index (κ1) is 19.5. The number of nitrogens with one attached hydrogen (secondary N) is 2. The van der Waals surface area contributed by atoms with E-state index in [9.17, 15) is 9.90 Å². The number of carboxylic acid groups (broad SMARTS) is 1. The molecule has 0 saturated carbocycles. The lowest BCUT2D eigenvalue weighted by atomic mass is 9.98. The summed E-state index contributed by atoms with van der Waals surface area (Å²) >= 11 is 0. The predicted molar refractivity (Wildman–Crippen MR) is 120 cm³/mol. The summed E-state index contributed by atoms with van der Waals surface area (Å²) < 4.78 is 0. The Morgan fingerprint density at radius 2 is 1.97 bits per heavy atom. The molecule has 2 aliphatic heterocycles. The Balaban J connectivity index is 1.46. The standard InChI is InChI=1S/C24H24N4O3/c1-24(25-11-18(12-26-24)23(30)31)28-9-8-22-20(13-28)19-10-17(6-7-21(19)27-22)16-4-2-15(14-29)3-5-16/h2-7,10-12,25,27,29H,8-9,13-14H2,1H3,(H,30,31). The molecule has 7 nitrogen and oxygen atoms in total. The lowest BCUT2D eigenvalue weighted by Gasteiger charge is -2.41. The molecule has 4 N–H and O–H groups in total. The number of aliphatic hydroxyl groups excluding tert-OH is 1. The number of benzene rings is 2. The van der Waals surface area contributed by atoms with E-state index in [2.05, 4.69) is 38.4 Å². The van der Waals surface area contributed by atoms with Crippen molar-refractivity contribution in [1.82, 2.24) is 15.2 Å². The SMILES string of the molecule is CC1(N2CCc3[nH]c4ccc(-c5ccc(CO)cc5)cc4c3C2)N=CC(C(=O)O)=CN1. The van der Waals surface area contributed by atoms with Crippen LogP contribution in [0.25, 0.3) is 22.0 Å². The molecule has 2 aromatic carbocycles. The number of nitrogens with zero attached hydrogens (tertiary/aromatic N) is 2. The fourth-order valence-electron chi connectivity index (χ4n) is 4.34. The Kier molecular flexibility index (Phi) is 4.64. The number of aromatic amines is 1. The number of aliphatic carboxylic acids is 1. The third-order valence-corrected chi connectivity index (χ3v) is 6.26. The molecule has 5 rings (SSSR count). The quantitative estimate of drug-likeness (QED) is 0.524. The third kappa shape index (κ3) is 3.41. The Morgan fingerprint density at radius 3 is 2.65 bits per heavy atom. The van der Waals surface area contributed by atoms with Crippen molar-refractivity contribution in [2.24, 2.45) is 4.99 Å². The maximum atomic E-state index is 11.2. The number of fused-ring (bicyclic) bond motifs is 3. The molecule has 1 atom stereocenters. The highest BCUT2D eigenvalue weighted by Gasteiger charge is 2.35.